The van der Waals surface area contributed by atoms with Crippen molar-refractivity contribution < 1.29 is 27.4 Å². The smallest absolute Gasteiger partial charge is 0.288 e. The summed E-state index contributed by atoms with van der Waals surface area (Å²) in [5.41, 5.74) is 1.01. The largest absolute Gasteiger partial charge is 0.480 e. The summed E-state index contributed by atoms with van der Waals surface area (Å²) < 4.78 is 55.8. The number of aryl methyl sites for hydroxylation is 1. The van der Waals surface area contributed by atoms with E-state index in [1.54, 1.807) is 19.3 Å². The van der Waals surface area contributed by atoms with E-state index in [9.17, 15) is 13.6 Å². The molecule has 0 atom stereocenters. The molecule has 1 saturated carbocycles. The van der Waals surface area contributed by atoms with Crippen LogP contribution in [0.3, 0.4) is 0 Å². The van der Waals surface area contributed by atoms with Crippen LogP contribution in [0.2, 0.25) is 0 Å². The van der Waals surface area contributed by atoms with Crippen molar-refractivity contribution in [2.75, 3.05) is 37.2 Å². The van der Waals surface area contributed by atoms with Crippen LogP contribution >= 0.6 is 0 Å². The second-order valence-corrected chi connectivity index (χ2v) is 11.6. The van der Waals surface area contributed by atoms with Gasteiger partial charge in [0.1, 0.15) is 34.9 Å². The first kappa shape index (κ1) is 28.2. The summed E-state index contributed by atoms with van der Waals surface area (Å²) in [6.45, 7) is 1.11. The highest BCUT2D eigenvalue weighted by atomic mass is 19.3. The van der Waals surface area contributed by atoms with Gasteiger partial charge in [-0.15, -0.1) is 0 Å². The van der Waals surface area contributed by atoms with Gasteiger partial charge in [0.15, 0.2) is 17.2 Å². The molecule has 14 heteroatoms. The molecule has 4 aromatic rings. The quantitative estimate of drug-likeness (QED) is 0.305. The van der Waals surface area contributed by atoms with Gasteiger partial charge in [-0.2, -0.15) is 8.78 Å². The first-order chi connectivity index (χ1) is 21.0. The number of anilines is 2. The molecule has 11 nitrogen and oxygen atoms in total. The lowest BCUT2D eigenvalue weighted by Crippen LogP contribution is -2.72. The number of halogens is 3. The second kappa shape index (κ2) is 9.97. The van der Waals surface area contributed by atoms with Gasteiger partial charge in [-0.05, 0) is 30.5 Å². The summed E-state index contributed by atoms with van der Waals surface area (Å²) in [5.74, 6) is -2.47. The van der Waals surface area contributed by atoms with E-state index in [-0.39, 0.29) is 43.0 Å². The van der Waals surface area contributed by atoms with Crippen molar-refractivity contribution in [3.63, 3.8) is 0 Å². The van der Waals surface area contributed by atoms with Crippen molar-refractivity contribution in [1.29, 1.82) is 0 Å². The Balaban J connectivity index is 1.30. The van der Waals surface area contributed by atoms with Gasteiger partial charge in [0, 0.05) is 39.7 Å². The number of carbonyl (C=O) groups excluding carboxylic acids is 1. The number of aromatic nitrogens is 6. The minimum absolute atomic E-state index is 0.0803. The van der Waals surface area contributed by atoms with Crippen LogP contribution in [-0.2, 0) is 29.0 Å². The zero-order valence-corrected chi connectivity index (χ0v) is 24.5. The van der Waals surface area contributed by atoms with E-state index in [4.69, 9.17) is 14.5 Å². The van der Waals surface area contributed by atoms with Crippen LogP contribution in [0.15, 0.2) is 36.9 Å². The molecule has 1 aliphatic carbocycles. The summed E-state index contributed by atoms with van der Waals surface area (Å²) in [5, 5.41) is 0. The molecule has 3 aromatic heterocycles. The molecule has 0 radical (unpaired) electrons. The van der Waals surface area contributed by atoms with Crippen LogP contribution in [0.5, 0.6) is 5.88 Å². The summed E-state index contributed by atoms with van der Waals surface area (Å²) in [4.78, 5) is 39.4. The Morgan fingerprint density at radius 1 is 1.14 bits per heavy atom. The maximum Gasteiger partial charge on any atom is 0.288 e. The highest BCUT2D eigenvalue weighted by Crippen LogP contribution is 2.47. The van der Waals surface area contributed by atoms with Gasteiger partial charge in [-0.1, -0.05) is 6.07 Å². The number of likely N-dealkylation sites (N-methyl/N-ethyl adjacent to an activating group) is 1. The van der Waals surface area contributed by atoms with Crippen LogP contribution in [0.25, 0.3) is 22.8 Å². The Bertz CT molecular complexity index is 1800. The van der Waals surface area contributed by atoms with Crippen LogP contribution in [0, 0.1) is 5.82 Å². The molecule has 0 unspecified atom stereocenters. The third-order valence-corrected chi connectivity index (χ3v) is 8.43. The van der Waals surface area contributed by atoms with Crippen LogP contribution < -0.4 is 14.5 Å². The number of methoxy groups -OCH3 is 1. The molecule has 1 saturated heterocycles. The maximum absolute atomic E-state index is 15.6. The van der Waals surface area contributed by atoms with Crippen molar-refractivity contribution >= 4 is 17.4 Å². The molecule has 228 valence electrons. The lowest BCUT2D eigenvalue weighted by Gasteiger charge is -2.53. The van der Waals surface area contributed by atoms with Crippen molar-refractivity contribution in [1.82, 2.24) is 29.5 Å². The Morgan fingerprint density at radius 2 is 1.91 bits per heavy atom. The topological polar surface area (TPSA) is 111 Å². The summed E-state index contributed by atoms with van der Waals surface area (Å²) >= 11 is 0. The van der Waals surface area contributed by atoms with Crippen LogP contribution in [0.1, 0.15) is 42.6 Å². The number of alkyl halides is 2. The van der Waals surface area contributed by atoms with Gasteiger partial charge in [-0.3, -0.25) is 4.79 Å². The molecular weight excluding hydrogens is 577 g/mol. The van der Waals surface area contributed by atoms with E-state index in [2.05, 4.69) is 19.9 Å². The lowest BCUT2D eigenvalue weighted by molar-refractivity contribution is -0.141. The normalized spacial score (nSPS) is 17.6. The van der Waals surface area contributed by atoms with Crippen LogP contribution in [0.4, 0.5) is 24.7 Å². The monoisotopic (exact) mass is 606 g/mol. The van der Waals surface area contributed by atoms with Crippen LogP contribution in [-0.4, -0.2) is 68.3 Å². The average molecular weight is 607 g/mol. The molecule has 0 bridgehead atoms. The number of amides is 1. The number of imidazole rings is 1. The zero-order valence-electron chi connectivity index (χ0n) is 24.5. The molecule has 3 aliphatic rings. The number of hydrogen-bond acceptors (Lipinski definition) is 9. The first-order valence-corrected chi connectivity index (χ1v) is 14.1. The molecule has 0 N–H and O–H groups in total. The summed E-state index contributed by atoms with van der Waals surface area (Å²) in [6, 6.07) is 4.52. The van der Waals surface area contributed by atoms with E-state index in [1.807, 2.05) is 4.90 Å². The van der Waals surface area contributed by atoms with Gasteiger partial charge in [-0.25, -0.2) is 29.3 Å². The van der Waals surface area contributed by atoms with Gasteiger partial charge in [0.05, 0.1) is 37.8 Å². The summed E-state index contributed by atoms with van der Waals surface area (Å²) in [6.07, 6.45) is 6.22. The Labute approximate surface area is 250 Å². The molecule has 5 heterocycles. The zero-order chi connectivity index (χ0) is 31.0. The number of fused-ring (bicyclic) bond motifs is 1. The molecule has 1 aromatic carbocycles. The van der Waals surface area contributed by atoms with E-state index in [0.29, 0.717) is 34.3 Å². The van der Waals surface area contributed by atoms with E-state index in [1.165, 1.54) is 48.3 Å². The fraction of sp³-hybridized carbons (Fsp3) is 0.400. The first-order valence-electron chi connectivity index (χ1n) is 14.1. The molecule has 7 rings (SSSR count). The molecule has 1 amide bonds. The van der Waals surface area contributed by atoms with Gasteiger partial charge in [0.25, 0.3) is 11.8 Å². The van der Waals surface area contributed by atoms with E-state index < -0.39 is 23.0 Å². The average Bonchev–Trinajstić information content (AvgIpc) is 3.75. The standard InChI is InChI=1S/C30H29F3N8O3/c1-29(32,33)21-12-39(2)25(37-21)18-8-5-16(9-19(18)31)11-41-26-20(40(3)28(42)30(41)13-44-14-30)10-34-24(38-26)22-23(17-6-7-17)35-15-36-27(22)43-4/h5,8-10,12,15,17H,6-7,11,13-14H2,1-4H3. The van der Waals surface area contributed by atoms with Gasteiger partial charge in [0.2, 0.25) is 5.88 Å². The Kier molecular flexibility index (Phi) is 6.39. The lowest BCUT2D eigenvalue weighted by atomic mass is 9.89. The SMILES string of the molecule is COc1ncnc(C2CC2)c1-c1ncc2c(n1)N(Cc1ccc(-c3nc(C(C)(F)F)cn3C)c(F)c1)C1(COC1)C(=O)N2C. The fourth-order valence-electron chi connectivity index (χ4n) is 5.83. The Morgan fingerprint density at radius 3 is 2.52 bits per heavy atom. The molecule has 2 fully saturated rings. The minimum atomic E-state index is -3.16. The molecular formula is C30H29F3N8O3. The fourth-order valence-corrected chi connectivity index (χ4v) is 5.83. The van der Waals surface area contributed by atoms with E-state index in [0.717, 1.165) is 25.5 Å². The molecule has 44 heavy (non-hydrogen) atoms. The van der Waals surface area contributed by atoms with Gasteiger partial charge >= 0.3 is 0 Å². The van der Waals surface area contributed by atoms with Gasteiger partial charge < -0.3 is 23.8 Å². The van der Waals surface area contributed by atoms with Crippen molar-refractivity contribution in [2.24, 2.45) is 7.05 Å². The minimum Gasteiger partial charge on any atom is -0.480 e. The predicted octanol–water partition coefficient (Wildman–Crippen LogP) is 4.22. The number of benzene rings is 1. The Hall–Kier alpha value is -4.59. The third-order valence-electron chi connectivity index (χ3n) is 8.43. The summed E-state index contributed by atoms with van der Waals surface area (Å²) in [7, 11) is 4.73. The second-order valence-electron chi connectivity index (χ2n) is 11.6. The van der Waals surface area contributed by atoms with Crippen molar-refractivity contribution in [2.45, 2.75) is 43.7 Å². The van der Waals surface area contributed by atoms with E-state index >= 15 is 4.39 Å². The molecule has 1 spiro atoms. The number of hydrogen-bond donors (Lipinski definition) is 0. The predicted molar refractivity (Wildman–Crippen MR) is 153 cm³/mol. The number of ether oxygens (including phenoxy) is 2. The molecule has 2 aliphatic heterocycles. The van der Waals surface area contributed by atoms with Crippen molar-refractivity contribution in [3.05, 3.63) is 59.7 Å². The number of carbonyl (C=O) groups is 1. The van der Waals surface area contributed by atoms with Crippen molar-refractivity contribution in [3.8, 4) is 28.7 Å². The number of rotatable bonds is 7. The highest BCUT2D eigenvalue weighted by molar-refractivity contribution is 6.08. The third kappa shape index (κ3) is 4.38. The highest BCUT2D eigenvalue weighted by Gasteiger charge is 2.56. The maximum atomic E-state index is 15.6. The number of nitrogens with zero attached hydrogens (tertiary/aromatic N) is 8.